The Hall–Kier alpha value is -0.120. The summed E-state index contributed by atoms with van der Waals surface area (Å²) >= 11 is 0. The van der Waals surface area contributed by atoms with Crippen molar-refractivity contribution in [2.75, 3.05) is 26.3 Å². The highest BCUT2D eigenvalue weighted by atomic mass is 16.5. The van der Waals surface area contributed by atoms with Gasteiger partial charge in [0.2, 0.25) is 0 Å². The van der Waals surface area contributed by atoms with Crippen LogP contribution in [-0.4, -0.2) is 49.3 Å². The van der Waals surface area contributed by atoms with E-state index in [0.717, 1.165) is 32.1 Å². The molecule has 2 unspecified atom stereocenters. The molecular weight excluding hydrogens is 212 g/mol. The zero-order valence-corrected chi connectivity index (χ0v) is 11.6. The van der Waals surface area contributed by atoms with Crippen LogP contribution >= 0.6 is 0 Å². The van der Waals surface area contributed by atoms with Crippen LogP contribution in [0.4, 0.5) is 0 Å². The van der Waals surface area contributed by atoms with E-state index >= 15 is 0 Å². The van der Waals surface area contributed by atoms with E-state index in [2.05, 4.69) is 31.0 Å². The first-order chi connectivity index (χ1) is 8.22. The Morgan fingerprint density at radius 2 is 2.06 bits per heavy atom. The molecule has 0 amide bonds. The van der Waals surface area contributed by atoms with Crippen LogP contribution in [0.15, 0.2) is 0 Å². The molecule has 1 saturated carbocycles. The summed E-state index contributed by atoms with van der Waals surface area (Å²) in [5.74, 6) is 0.960. The highest BCUT2D eigenvalue weighted by molar-refractivity contribution is 4.91. The van der Waals surface area contributed by atoms with E-state index in [1.54, 1.807) is 0 Å². The largest absolute Gasteiger partial charge is 0.380 e. The maximum absolute atomic E-state index is 5.71. The summed E-state index contributed by atoms with van der Waals surface area (Å²) in [6.45, 7) is 11.0. The number of hydrogen-bond donors (Lipinski definition) is 1. The minimum absolute atomic E-state index is 0.573. The normalized spacial score (nSPS) is 30.2. The number of nitrogens with zero attached hydrogens (tertiary/aromatic N) is 1. The highest BCUT2D eigenvalue weighted by Crippen LogP contribution is 2.32. The maximum atomic E-state index is 5.71. The smallest absolute Gasteiger partial charge is 0.0637 e. The third-order valence-electron chi connectivity index (χ3n) is 4.05. The molecular formula is C14H28N2O. The van der Waals surface area contributed by atoms with E-state index in [0.29, 0.717) is 18.1 Å². The molecule has 1 saturated heterocycles. The summed E-state index contributed by atoms with van der Waals surface area (Å²) in [5, 5.41) is 3.64. The van der Waals surface area contributed by atoms with Crippen molar-refractivity contribution in [1.82, 2.24) is 10.2 Å². The maximum Gasteiger partial charge on any atom is 0.0637 e. The Labute approximate surface area is 106 Å². The summed E-state index contributed by atoms with van der Waals surface area (Å²) < 4.78 is 5.71. The second-order valence-corrected chi connectivity index (χ2v) is 5.83. The topological polar surface area (TPSA) is 24.5 Å². The van der Waals surface area contributed by atoms with E-state index in [-0.39, 0.29) is 0 Å². The fourth-order valence-corrected chi connectivity index (χ4v) is 2.88. The molecule has 2 atom stereocenters. The van der Waals surface area contributed by atoms with Gasteiger partial charge in [0.05, 0.1) is 6.61 Å². The van der Waals surface area contributed by atoms with Gasteiger partial charge in [0.15, 0.2) is 0 Å². The quantitative estimate of drug-likeness (QED) is 0.767. The number of rotatable bonds is 6. The van der Waals surface area contributed by atoms with Crippen molar-refractivity contribution in [3.63, 3.8) is 0 Å². The predicted molar refractivity (Wildman–Crippen MR) is 71.3 cm³/mol. The van der Waals surface area contributed by atoms with Crippen molar-refractivity contribution >= 4 is 0 Å². The van der Waals surface area contributed by atoms with E-state index < -0.39 is 0 Å². The van der Waals surface area contributed by atoms with Crippen LogP contribution in [0.1, 0.15) is 40.0 Å². The molecule has 3 nitrogen and oxygen atoms in total. The average Bonchev–Trinajstić information content (AvgIpc) is 3.11. The van der Waals surface area contributed by atoms with Gasteiger partial charge in [0.25, 0.3) is 0 Å². The van der Waals surface area contributed by atoms with E-state index in [4.69, 9.17) is 4.74 Å². The summed E-state index contributed by atoms with van der Waals surface area (Å²) in [7, 11) is 0. The lowest BCUT2D eigenvalue weighted by Gasteiger charge is -2.42. The minimum atomic E-state index is 0.573. The predicted octanol–water partition coefficient (Wildman–Crippen LogP) is 1.87. The SMILES string of the molecule is CCNC1CCOCC1N(CC1CC1)C(C)C. The average molecular weight is 240 g/mol. The van der Waals surface area contributed by atoms with Gasteiger partial charge in [-0.1, -0.05) is 6.92 Å². The van der Waals surface area contributed by atoms with E-state index in [1.165, 1.54) is 19.4 Å². The molecule has 2 rings (SSSR count). The number of nitrogens with one attached hydrogen (secondary N) is 1. The highest BCUT2D eigenvalue weighted by Gasteiger charge is 2.35. The molecule has 2 fully saturated rings. The molecule has 1 heterocycles. The summed E-state index contributed by atoms with van der Waals surface area (Å²) in [5.41, 5.74) is 0. The molecule has 0 aromatic rings. The molecule has 100 valence electrons. The van der Waals surface area contributed by atoms with E-state index in [1.807, 2.05) is 0 Å². The molecule has 0 spiro atoms. The molecule has 3 heteroatoms. The minimum Gasteiger partial charge on any atom is -0.380 e. The lowest BCUT2D eigenvalue weighted by Crippen LogP contribution is -2.57. The first-order valence-corrected chi connectivity index (χ1v) is 7.29. The van der Waals surface area contributed by atoms with Gasteiger partial charge in [-0.2, -0.15) is 0 Å². The molecule has 0 radical (unpaired) electrons. The van der Waals surface area contributed by atoms with Crippen molar-refractivity contribution < 1.29 is 4.74 Å². The first kappa shape index (κ1) is 13.3. The third-order valence-corrected chi connectivity index (χ3v) is 4.05. The fraction of sp³-hybridized carbons (Fsp3) is 1.00. The summed E-state index contributed by atoms with van der Waals surface area (Å²) in [6.07, 6.45) is 4.03. The third kappa shape index (κ3) is 3.67. The van der Waals surface area contributed by atoms with Crippen LogP contribution in [0, 0.1) is 5.92 Å². The Morgan fingerprint density at radius 1 is 1.29 bits per heavy atom. The molecule has 1 aliphatic carbocycles. The van der Waals surface area contributed by atoms with Gasteiger partial charge in [-0.3, -0.25) is 4.90 Å². The van der Waals surface area contributed by atoms with Crippen molar-refractivity contribution in [2.24, 2.45) is 5.92 Å². The molecule has 2 aliphatic rings. The van der Waals surface area contributed by atoms with Gasteiger partial charge >= 0.3 is 0 Å². The van der Waals surface area contributed by atoms with Crippen molar-refractivity contribution in [3.8, 4) is 0 Å². The lowest BCUT2D eigenvalue weighted by molar-refractivity contribution is -0.0160. The lowest BCUT2D eigenvalue weighted by atomic mass is 10.00. The van der Waals surface area contributed by atoms with Crippen LogP contribution in [0.3, 0.4) is 0 Å². The number of likely N-dealkylation sites (N-methyl/N-ethyl adjacent to an activating group) is 1. The molecule has 17 heavy (non-hydrogen) atoms. The van der Waals surface area contributed by atoms with Crippen LogP contribution in [0.25, 0.3) is 0 Å². The standard InChI is InChI=1S/C14H28N2O/c1-4-15-13-7-8-17-10-14(13)16(11(2)3)9-12-5-6-12/h11-15H,4-10H2,1-3H3. The molecule has 1 N–H and O–H groups in total. The molecule has 0 aromatic carbocycles. The van der Waals surface area contributed by atoms with Crippen LogP contribution in [0.2, 0.25) is 0 Å². The van der Waals surface area contributed by atoms with Gasteiger partial charge < -0.3 is 10.1 Å². The first-order valence-electron chi connectivity index (χ1n) is 7.29. The van der Waals surface area contributed by atoms with E-state index in [9.17, 15) is 0 Å². The number of hydrogen-bond acceptors (Lipinski definition) is 3. The zero-order valence-electron chi connectivity index (χ0n) is 11.6. The monoisotopic (exact) mass is 240 g/mol. The van der Waals surface area contributed by atoms with Gasteiger partial charge in [0, 0.05) is 31.3 Å². The Morgan fingerprint density at radius 3 is 2.65 bits per heavy atom. The fourth-order valence-electron chi connectivity index (χ4n) is 2.88. The zero-order chi connectivity index (χ0) is 12.3. The van der Waals surface area contributed by atoms with Gasteiger partial charge in [-0.25, -0.2) is 0 Å². The van der Waals surface area contributed by atoms with Gasteiger partial charge in [0.1, 0.15) is 0 Å². The Balaban J connectivity index is 1.97. The van der Waals surface area contributed by atoms with Crippen molar-refractivity contribution in [1.29, 1.82) is 0 Å². The number of ether oxygens (including phenoxy) is 1. The second-order valence-electron chi connectivity index (χ2n) is 5.83. The van der Waals surface area contributed by atoms with Gasteiger partial charge in [-0.05, 0) is 45.6 Å². The summed E-state index contributed by atoms with van der Waals surface area (Å²) in [6, 6.07) is 1.82. The molecule has 1 aliphatic heterocycles. The second kappa shape index (κ2) is 6.17. The molecule has 0 bridgehead atoms. The Bertz CT molecular complexity index is 226. The van der Waals surface area contributed by atoms with Gasteiger partial charge in [-0.15, -0.1) is 0 Å². The molecule has 0 aromatic heterocycles. The van der Waals surface area contributed by atoms with Crippen LogP contribution in [-0.2, 0) is 4.74 Å². The van der Waals surface area contributed by atoms with Crippen LogP contribution < -0.4 is 5.32 Å². The van der Waals surface area contributed by atoms with Crippen molar-refractivity contribution in [3.05, 3.63) is 0 Å². The summed E-state index contributed by atoms with van der Waals surface area (Å²) in [4.78, 5) is 2.67. The van der Waals surface area contributed by atoms with Crippen molar-refractivity contribution in [2.45, 2.75) is 58.2 Å². The van der Waals surface area contributed by atoms with Crippen LogP contribution in [0.5, 0.6) is 0 Å². The Kier molecular flexibility index (Phi) is 4.83.